The fraction of sp³-hybridized carbons (Fsp3) is 0.250. The quantitative estimate of drug-likeness (QED) is 0.597. The molecule has 5 heteroatoms. The van der Waals surface area contributed by atoms with Crippen LogP contribution in [0.1, 0.15) is 34.6 Å². The molecule has 0 radical (unpaired) electrons. The zero-order valence-electron chi connectivity index (χ0n) is 16.1. The van der Waals surface area contributed by atoms with E-state index in [0.29, 0.717) is 24.0 Å². The average Bonchev–Trinajstić information content (AvgIpc) is 3.24. The van der Waals surface area contributed by atoms with Gasteiger partial charge in [-0.1, -0.05) is 36.4 Å². The number of benzene rings is 3. The smallest absolute Gasteiger partial charge is 0.231 e. The van der Waals surface area contributed by atoms with Gasteiger partial charge in [0, 0.05) is 6.07 Å². The van der Waals surface area contributed by atoms with Gasteiger partial charge in [-0.25, -0.2) is 0 Å². The van der Waals surface area contributed by atoms with E-state index in [1.54, 1.807) is 0 Å². The molecular formula is C24H23NO4. The Labute approximate surface area is 169 Å². The van der Waals surface area contributed by atoms with Crippen LogP contribution < -0.4 is 19.7 Å². The van der Waals surface area contributed by atoms with Crippen molar-refractivity contribution in [2.24, 2.45) is 0 Å². The van der Waals surface area contributed by atoms with Gasteiger partial charge in [-0.2, -0.15) is 0 Å². The lowest BCUT2D eigenvalue weighted by molar-refractivity contribution is 0.174. The van der Waals surface area contributed by atoms with Gasteiger partial charge in [-0.05, 0) is 65.6 Å². The first-order valence-corrected chi connectivity index (χ1v) is 9.92. The maximum Gasteiger partial charge on any atom is 0.231 e. The Balaban J connectivity index is 1.33. The van der Waals surface area contributed by atoms with E-state index in [9.17, 15) is 5.21 Å². The molecule has 0 amide bonds. The number of hydrogen-bond donors (Lipinski definition) is 2. The molecule has 5 rings (SSSR count). The average molecular weight is 389 g/mol. The number of anilines is 1. The van der Waals surface area contributed by atoms with Gasteiger partial charge in [0.2, 0.25) is 6.79 Å². The molecule has 0 aromatic heterocycles. The van der Waals surface area contributed by atoms with Gasteiger partial charge >= 0.3 is 0 Å². The van der Waals surface area contributed by atoms with Crippen LogP contribution in [0.3, 0.4) is 0 Å². The third-order valence-corrected chi connectivity index (χ3v) is 5.76. The van der Waals surface area contributed by atoms with Crippen LogP contribution in [0.5, 0.6) is 17.2 Å². The second-order valence-corrected chi connectivity index (χ2v) is 7.55. The van der Waals surface area contributed by atoms with Crippen molar-refractivity contribution in [2.75, 3.05) is 12.3 Å². The first-order chi connectivity index (χ1) is 14.3. The normalized spacial score (nSPS) is 16.9. The maximum absolute atomic E-state index is 9.60. The van der Waals surface area contributed by atoms with Gasteiger partial charge in [0.15, 0.2) is 11.5 Å². The largest absolute Gasteiger partial charge is 0.489 e. The van der Waals surface area contributed by atoms with Gasteiger partial charge in [0.05, 0.1) is 5.69 Å². The minimum atomic E-state index is 0.225. The van der Waals surface area contributed by atoms with Gasteiger partial charge in [-0.3, -0.25) is 10.7 Å². The lowest BCUT2D eigenvalue weighted by Gasteiger charge is -2.27. The SMILES string of the molecule is ONc1cc2c(cc1C1CCc3cc(OCc4ccccc4)ccc3C1)OCO2. The Bertz CT molecular complexity index is 1020. The van der Waals surface area contributed by atoms with E-state index in [-0.39, 0.29) is 6.79 Å². The van der Waals surface area contributed by atoms with Crippen LogP contribution in [0.2, 0.25) is 0 Å². The third-order valence-electron chi connectivity index (χ3n) is 5.76. The molecule has 3 aromatic carbocycles. The van der Waals surface area contributed by atoms with E-state index in [1.807, 2.05) is 30.3 Å². The Morgan fingerprint density at radius 1 is 0.966 bits per heavy atom. The summed E-state index contributed by atoms with van der Waals surface area (Å²) in [6.45, 7) is 0.799. The van der Waals surface area contributed by atoms with E-state index in [2.05, 4.69) is 35.8 Å². The Hall–Kier alpha value is -3.18. The molecule has 2 N–H and O–H groups in total. The van der Waals surface area contributed by atoms with Crippen molar-refractivity contribution in [2.45, 2.75) is 31.8 Å². The highest BCUT2D eigenvalue weighted by molar-refractivity contribution is 5.62. The maximum atomic E-state index is 9.60. The van der Waals surface area contributed by atoms with Gasteiger partial charge in [-0.15, -0.1) is 0 Å². The van der Waals surface area contributed by atoms with E-state index in [0.717, 1.165) is 41.9 Å². The zero-order valence-corrected chi connectivity index (χ0v) is 16.1. The van der Waals surface area contributed by atoms with Crippen molar-refractivity contribution < 1.29 is 19.4 Å². The summed E-state index contributed by atoms with van der Waals surface area (Å²) in [6.07, 6.45) is 2.90. The molecule has 1 atom stereocenters. The van der Waals surface area contributed by atoms with E-state index < -0.39 is 0 Å². The van der Waals surface area contributed by atoms with Crippen LogP contribution in [-0.4, -0.2) is 12.0 Å². The minimum Gasteiger partial charge on any atom is -0.489 e. The number of hydrogen-bond acceptors (Lipinski definition) is 5. The zero-order chi connectivity index (χ0) is 19.6. The molecule has 148 valence electrons. The van der Waals surface area contributed by atoms with Gasteiger partial charge in [0.1, 0.15) is 12.4 Å². The molecule has 2 aliphatic rings. The van der Waals surface area contributed by atoms with Crippen LogP contribution in [0.4, 0.5) is 5.69 Å². The molecule has 1 unspecified atom stereocenters. The number of rotatable bonds is 5. The molecule has 0 saturated carbocycles. The highest BCUT2D eigenvalue weighted by Crippen LogP contribution is 2.43. The second kappa shape index (κ2) is 7.68. The fourth-order valence-electron chi connectivity index (χ4n) is 4.22. The van der Waals surface area contributed by atoms with Crippen LogP contribution in [0.15, 0.2) is 60.7 Å². The summed E-state index contributed by atoms with van der Waals surface area (Å²) in [5.41, 5.74) is 7.91. The van der Waals surface area contributed by atoms with Crippen LogP contribution >= 0.6 is 0 Å². The summed E-state index contributed by atoms with van der Waals surface area (Å²) in [4.78, 5) is 0. The van der Waals surface area contributed by atoms with E-state index in [1.165, 1.54) is 11.1 Å². The minimum absolute atomic E-state index is 0.225. The molecule has 1 aliphatic heterocycles. The van der Waals surface area contributed by atoms with Gasteiger partial charge in [0.25, 0.3) is 0 Å². The molecule has 1 aliphatic carbocycles. The van der Waals surface area contributed by atoms with Crippen molar-refractivity contribution in [3.8, 4) is 17.2 Å². The number of aryl methyl sites for hydroxylation is 1. The predicted octanol–water partition coefficient (Wildman–Crippen LogP) is 5.07. The Morgan fingerprint density at radius 2 is 1.79 bits per heavy atom. The molecule has 0 spiro atoms. The fourth-order valence-corrected chi connectivity index (χ4v) is 4.22. The highest BCUT2D eigenvalue weighted by Gasteiger charge is 2.26. The van der Waals surface area contributed by atoms with E-state index in [4.69, 9.17) is 14.2 Å². The lowest BCUT2D eigenvalue weighted by atomic mass is 9.79. The van der Waals surface area contributed by atoms with Crippen LogP contribution in [-0.2, 0) is 19.4 Å². The molecule has 29 heavy (non-hydrogen) atoms. The molecule has 5 nitrogen and oxygen atoms in total. The monoisotopic (exact) mass is 389 g/mol. The number of fused-ring (bicyclic) bond motifs is 2. The van der Waals surface area contributed by atoms with Crippen molar-refractivity contribution in [1.82, 2.24) is 0 Å². The first kappa shape index (κ1) is 17.9. The van der Waals surface area contributed by atoms with Crippen LogP contribution in [0.25, 0.3) is 0 Å². The summed E-state index contributed by atoms with van der Waals surface area (Å²) in [6, 6.07) is 20.4. The van der Waals surface area contributed by atoms with Gasteiger partial charge < -0.3 is 14.2 Å². The van der Waals surface area contributed by atoms with Crippen molar-refractivity contribution >= 4 is 5.69 Å². The lowest BCUT2D eigenvalue weighted by Crippen LogP contribution is -2.14. The summed E-state index contributed by atoms with van der Waals surface area (Å²) in [7, 11) is 0. The summed E-state index contributed by atoms with van der Waals surface area (Å²) in [5.74, 6) is 2.63. The first-order valence-electron chi connectivity index (χ1n) is 9.92. The Kier molecular flexibility index (Phi) is 4.74. The van der Waals surface area contributed by atoms with Crippen molar-refractivity contribution in [3.63, 3.8) is 0 Å². The predicted molar refractivity (Wildman–Crippen MR) is 110 cm³/mol. The summed E-state index contributed by atoms with van der Waals surface area (Å²) >= 11 is 0. The standard InChI is InChI=1S/C24H23NO4/c26-25-22-13-24-23(28-15-29-24)12-21(22)19-7-6-18-11-20(9-8-17(18)10-19)27-14-16-4-2-1-3-5-16/h1-5,8-9,11-13,19,25-26H,6-7,10,14-15H2. The number of ether oxygens (including phenoxy) is 3. The van der Waals surface area contributed by atoms with E-state index >= 15 is 0 Å². The molecule has 3 aromatic rings. The topological polar surface area (TPSA) is 60.0 Å². The molecule has 0 fully saturated rings. The summed E-state index contributed by atoms with van der Waals surface area (Å²) in [5, 5.41) is 9.60. The highest BCUT2D eigenvalue weighted by atomic mass is 16.7. The number of nitrogens with one attached hydrogen (secondary N) is 1. The Morgan fingerprint density at radius 3 is 2.62 bits per heavy atom. The third kappa shape index (κ3) is 3.61. The second-order valence-electron chi connectivity index (χ2n) is 7.55. The molecule has 0 saturated heterocycles. The summed E-state index contributed by atoms with van der Waals surface area (Å²) < 4.78 is 16.9. The van der Waals surface area contributed by atoms with Crippen molar-refractivity contribution in [1.29, 1.82) is 0 Å². The van der Waals surface area contributed by atoms with Crippen molar-refractivity contribution in [3.05, 3.63) is 82.9 Å². The molecular weight excluding hydrogens is 366 g/mol. The molecule has 1 heterocycles. The molecule has 0 bridgehead atoms. The van der Waals surface area contributed by atoms with Crippen LogP contribution in [0, 0.1) is 0 Å².